The maximum atomic E-state index is 4.67. The minimum absolute atomic E-state index is 0.501. The number of rotatable bonds is 5. The molecule has 0 aliphatic heterocycles. The van der Waals surface area contributed by atoms with Gasteiger partial charge in [0.2, 0.25) is 5.95 Å². The van der Waals surface area contributed by atoms with Gasteiger partial charge >= 0.3 is 0 Å². The van der Waals surface area contributed by atoms with Crippen molar-refractivity contribution in [2.75, 3.05) is 16.8 Å². The highest BCUT2D eigenvalue weighted by Gasteiger charge is 2.12. The monoisotopic (exact) mass is 333 g/mol. The maximum absolute atomic E-state index is 4.67. The maximum Gasteiger partial charge on any atom is 0.249 e. The van der Waals surface area contributed by atoms with Gasteiger partial charge in [-0.15, -0.1) is 5.10 Å². The summed E-state index contributed by atoms with van der Waals surface area (Å²) in [5.41, 5.74) is 5.65. The van der Waals surface area contributed by atoms with Crippen molar-refractivity contribution in [1.29, 1.82) is 0 Å². The molecule has 0 aliphatic rings. The molecule has 0 radical (unpaired) electrons. The summed E-state index contributed by atoms with van der Waals surface area (Å²) in [6, 6.07) is 14.5. The summed E-state index contributed by atoms with van der Waals surface area (Å²) in [5.74, 6) is 1.28. The lowest BCUT2D eigenvalue weighted by Gasteiger charge is -2.22. The number of hydrogen-bond donors (Lipinski definition) is 1. The standard InChI is InChI=1S/C20H23N5/c1-5-25(17-11-6-8-14(2)12-17)18-13-21-24-20(22-18)23-19-15(3)9-7-10-16(19)4/h6-13H,5H2,1-4H3,(H,22,23,24). The van der Waals surface area contributed by atoms with Gasteiger partial charge in [-0.25, -0.2) is 0 Å². The predicted octanol–water partition coefficient (Wildman–Crippen LogP) is 4.70. The third kappa shape index (κ3) is 3.76. The Kier molecular flexibility index (Phi) is 4.93. The molecule has 25 heavy (non-hydrogen) atoms. The van der Waals surface area contributed by atoms with Gasteiger partial charge in [0, 0.05) is 17.9 Å². The van der Waals surface area contributed by atoms with Crippen molar-refractivity contribution in [3.63, 3.8) is 0 Å². The van der Waals surface area contributed by atoms with Crippen molar-refractivity contribution in [3.8, 4) is 0 Å². The van der Waals surface area contributed by atoms with Gasteiger partial charge in [-0.1, -0.05) is 30.3 Å². The van der Waals surface area contributed by atoms with Gasteiger partial charge in [0.15, 0.2) is 5.82 Å². The van der Waals surface area contributed by atoms with Crippen LogP contribution in [0.4, 0.5) is 23.1 Å². The van der Waals surface area contributed by atoms with Crippen molar-refractivity contribution < 1.29 is 0 Å². The SMILES string of the molecule is CCN(c1cccc(C)c1)c1cnnc(Nc2c(C)cccc2C)n1. The van der Waals surface area contributed by atoms with Crippen LogP contribution in [0.5, 0.6) is 0 Å². The molecule has 0 bridgehead atoms. The number of aromatic nitrogens is 3. The van der Waals surface area contributed by atoms with Crippen LogP contribution in [0, 0.1) is 20.8 Å². The van der Waals surface area contributed by atoms with Crippen LogP contribution in [-0.4, -0.2) is 21.7 Å². The van der Waals surface area contributed by atoms with E-state index in [4.69, 9.17) is 0 Å². The number of aryl methyl sites for hydroxylation is 3. The van der Waals surface area contributed by atoms with Crippen molar-refractivity contribution in [2.24, 2.45) is 0 Å². The minimum atomic E-state index is 0.501. The lowest BCUT2D eigenvalue weighted by Crippen LogP contribution is -2.18. The van der Waals surface area contributed by atoms with Crippen LogP contribution in [0.2, 0.25) is 0 Å². The molecule has 0 saturated heterocycles. The molecular formula is C20H23N5. The Morgan fingerprint density at radius 2 is 1.72 bits per heavy atom. The van der Waals surface area contributed by atoms with Crippen molar-refractivity contribution in [1.82, 2.24) is 15.2 Å². The third-order valence-corrected chi connectivity index (χ3v) is 4.17. The molecule has 0 fully saturated rings. The van der Waals surface area contributed by atoms with E-state index in [0.29, 0.717) is 5.95 Å². The van der Waals surface area contributed by atoms with Crippen LogP contribution in [0.1, 0.15) is 23.6 Å². The molecule has 0 unspecified atom stereocenters. The second-order valence-electron chi connectivity index (χ2n) is 6.11. The zero-order chi connectivity index (χ0) is 17.8. The number of para-hydroxylation sites is 1. The normalized spacial score (nSPS) is 10.6. The van der Waals surface area contributed by atoms with E-state index in [9.17, 15) is 0 Å². The quantitative estimate of drug-likeness (QED) is 0.733. The number of anilines is 4. The molecule has 3 rings (SSSR count). The topological polar surface area (TPSA) is 53.9 Å². The Hall–Kier alpha value is -2.95. The van der Waals surface area contributed by atoms with E-state index < -0.39 is 0 Å². The molecule has 2 aromatic carbocycles. The van der Waals surface area contributed by atoms with Crippen molar-refractivity contribution in [3.05, 3.63) is 65.4 Å². The molecule has 0 aliphatic carbocycles. The molecule has 128 valence electrons. The Morgan fingerprint density at radius 3 is 2.40 bits per heavy atom. The fourth-order valence-electron chi connectivity index (χ4n) is 2.87. The highest BCUT2D eigenvalue weighted by molar-refractivity contribution is 5.65. The molecule has 3 aromatic rings. The van der Waals surface area contributed by atoms with Crippen LogP contribution >= 0.6 is 0 Å². The lowest BCUT2D eigenvalue weighted by molar-refractivity contribution is 0.921. The second-order valence-corrected chi connectivity index (χ2v) is 6.11. The summed E-state index contributed by atoms with van der Waals surface area (Å²) in [4.78, 5) is 6.79. The second kappa shape index (κ2) is 7.30. The van der Waals surface area contributed by atoms with Gasteiger partial charge in [-0.2, -0.15) is 10.1 Å². The number of nitrogens with zero attached hydrogens (tertiary/aromatic N) is 4. The van der Waals surface area contributed by atoms with E-state index >= 15 is 0 Å². The minimum Gasteiger partial charge on any atom is -0.325 e. The molecule has 0 spiro atoms. The van der Waals surface area contributed by atoms with E-state index in [2.05, 4.69) is 89.5 Å². The van der Waals surface area contributed by atoms with E-state index in [-0.39, 0.29) is 0 Å². The third-order valence-electron chi connectivity index (χ3n) is 4.17. The van der Waals surface area contributed by atoms with Crippen LogP contribution in [-0.2, 0) is 0 Å². The highest BCUT2D eigenvalue weighted by atomic mass is 15.3. The Labute approximate surface area is 148 Å². The van der Waals surface area contributed by atoms with E-state index in [1.165, 1.54) is 5.56 Å². The van der Waals surface area contributed by atoms with Gasteiger partial charge in [-0.05, 0) is 56.5 Å². The summed E-state index contributed by atoms with van der Waals surface area (Å²) < 4.78 is 0. The molecular weight excluding hydrogens is 310 g/mol. The summed E-state index contributed by atoms with van der Waals surface area (Å²) in [5, 5.41) is 11.6. The molecule has 1 N–H and O–H groups in total. The zero-order valence-corrected chi connectivity index (χ0v) is 15.1. The van der Waals surface area contributed by atoms with Crippen LogP contribution in [0.15, 0.2) is 48.7 Å². The van der Waals surface area contributed by atoms with E-state index in [1.807, 2.05) is 6.07 Å². The van der Waals surface area contributed by atoms with Gasteiger partial charge in [0.1, 0.15) is 0 Å². The van der Waals surface area contributed by atoms with Gasteiger partial charge in [0.25, 0.3) is 0 Å². The average Bonchev–Trinajstić information content (AvgIpc) is 2.60. The van der Waals surface area contributed by atoms with Crippen LogP contribution in [0.3, 0.4) is 0 Å². The molecule has 1 heterocycles. The number of benzene rings is 2. The zero-order valence-electron chi connectivity index (χ0n) is 15.1. The first-order valence-corrected chi connectivity index (χ1v) is 8.45. The summed E-state index contributed by atoms with van der Waals surface area (Å²) in [6.45, 7) is 9.12. The molecule has 1 aromatic heterocycles. The van der Waals surface area contributed by atoms with Gasteiger partial charge < -0.3 is 10.2 Å². The van der Waals surface area contributed by atoms with E-state index in [1.54, 1.807) is 6.20 Å². The fraction of sp³-hybridized carbons (Fsp3) is 0.250. The Bertz CT molecular complexity index is 855. The fourth-order valence-corrected chi connectivity index (χ4v) is 2.87. The lowest BCUT2D eigenvalue weighted by atomic mass is 10.1. The van der Waals surface area contributed by atoms with Crippen LogP contribution in [0.25, 0.3) is 0 Å². The summed E-state index contributed by atoms with van der Waals surface area (Å²) in [7, 11) is 0. The number of hydrogen-bond acceptors (Lipinski definition) is 5. The molecule has 0 saturated carbocycles. The largest absolute Gasteiger partial charge is 0.325 e. The molecule has 0 atom stereocenters. The first kappa shape index (κ1) is 16.9. The van der Waals surface area contributed by atoms with Gasteiger partial charge in [0.05, 0.1) is 6.20 Å². The molecule has 5 heteroatoms. The highest BCUT2D eigenvalue weighted by Crippen LogP contribution is 2.26. The Morgan fingerprint density at radius 1 is 1.00 bits per heavy atom. The molecule has 5 nitrogen and oxygen atoms in total. The Balaban J connectivity index is 1.93. The predicted molar refractivity (Wildman–Crippen MR) is 103 cm³/mol. The van der Waals surface area contributed by atoms with Crippen molar-refractivity contribution >= 4 is 23.1 Å². The average molecular weight is 333 g/mol. The van der Waals surface area contributed by atoms with E-state index in [0.717, 1.165) is 34.9 Å². The summed E-state index contributed by atoms with van der Waals surface area (Å²) >= 11 is 0. The van der Waals surface area contributed by atoms with Gasteiger partial charge in [-0.3, -0.25) is 0 Å². The first-order valence-electron chi connectivity index (χ1n) is 8.45. The van der Waals surface area contributed by atoms with Crippen LogP contribution < -0.4 is 10.2 Å². The number of nitrogens with one attached hydrogen (secondary N) is 1. The summed E-state index contributed by atoms with van der Waals surface area (Å²) in [6.07, 6.45) is 1.70. The smallest absolute Gasteiger partial charge is 0.249 e. The first-order chi connectivity index (χ1) is 12.1. The molecule has 0 amide bonds. The van der Waals surface area contributed by atoms with Crippen molar-refractivity contribution in [2.45, 2.75) is 27.7 Å².